The normalized spacial score (nSPS) is 16.1. The minimum Gasteiger partial charge on any atom is -0.378 e. The minimum atomic E-state index is 0.562. The Hall–Kier alpha value is -1.12. The number of nitriles is 1. The number of rotatable bonds is 1. The van der Waals surface area contributed by atoms with Gasteiger partial charge < -0.3 is 9.64 Å². The quantitative estimate of drug-likeness (QED) is 0.725. The van der Waals surface area contributed by atoms with Gasteiger partial charge in [0.25, 0.3) is 0 Å². The van der Waals surface area contributed by atoms with Gasteiger partial charge in [-0.05, 0) is 28.1 Å². The monoisotopic (exact) mass is 267 g/mol. The molecular formula is C10H10BrN3O. The predicted octanol–water partition coefficient (Wildman–Crippen LogP) is 1.55. The fourth-order valence-corrected chi connectivity index (χ4v) is 1.88. The van der Waals surface area contributed by atoms with Crippen LogP contribution in [0.25, 0.3) is 0 Å². The molecule has 0 spiro atoms. The maximum atomic E-state index is 8.77. The highest BCUT2D eigenvalue weighted by Crippen LogP contribution is 2.19. The molecule has 0 aliphatic carbocycles. The van der Waals surface area contributed by atoms with Crippen molar-refractivity contribution in [3.05, 3.63) is 22.3 Å². The largest absolute Gasteiger partial charge is 0.378 e. The molecule has 0 saturated carbocycles. The fraction of sp³-hybridized carbons (Fsp3) is 0.400. The van der Waals surface area contributed by atoms with Crippen molar-refractivity contribution < 1.29 is 4.74 Å². The number of morpholine rings is 1. The first-order valence-electron chi connectivity index (χ1n) is 4.70. The average molecular weight is 268 g/mol. The highest BCUT2D eigenvalue weighted by molar-refractivity contribution is 9.10. The van der Waals surface area contributed by atoms with E-state index in [-0.39, 0.29) is 0 Å². The molecule has 0 unspecified atom stereocenters. The summed E-state index contributed by atoms with van der Waals surface area (Å²) < 4.78 is 5.87. The molecule has 15 heavy (non-hydrogen) atoms. The number of ether oxygens (including phenoxy) is 1. The lowest BCUT2D eigenvalue weighted by Crippen LogP contribution is -2.36. The van der Waals surface area contributed by atoms with E-state index in [4.69, 9.17) is 10.00 Å². The number of pyridine rings is 1. The molecule has 1 fully saturated rings. The molecule has 0 N–H and O–H groups in total. The fourth-order valence-electron chi connectivity index (χ4n) is 1.48. The SMILES string of the molecule is N#Cc1ccc(N2CCOCC2)nc1Br. The van der Waals surface area contributed by atoms with Gasteiger partial charge in [-0.1, -0.05) is 0 Å². The van der Waals surface area contributed by atoms with E-state index in [1.807, 2.05) is 6.07 Å². The van der Waals surface area contributed by atoms with Gasteiger partial charge in [0, 0.05) is 13.1 Å². The molecule has 0 atom stereocenters. The highest BCUT2D eigenvalue weighted by atomic mass is 79.9. The summed E-state index contributed by atoms with van der Waals surface area (Å²) in [4.78, 5) is 6.48. The maximum Gasteiger partial charge on any atom is 0.130 e. The van der Waals surface area contributed by atoms with Crippen LogP contribution in [0.1, 0.15) is 5.56 Å². The van der Waals surface area contributed by atoms with Crippen LogP contribution < -0.4 is 4.90 Å². The molecule has 0 amide bonds. The summed E-state index contributed by atoms with van der Waals surface area (Å²) in [6, 6.07) is 5.72. The molecule has 2 heterocycles. The standard InChI is InChI=1S/C10H10BrN3O/c11-10-8(7-12)1-2-9(13-10)14-3-5-15-6-4-14/h1-2H,3-6H2. The van der Waals surface area contributed by atoms with Crippen molar-refractivity contribution in [2.75, 3.05) is 31.2 Å². The van der Waals surface area contributed by atoms with Gasteiger partial charge >= 0.3 is 0 Å². The van der Waals surface area contributed by atoms with Crippen molar-refractivity contribution in [1.29, 1.82) is 5.26 Å². The van der Waals surface area contributed by atoms with Crippen molar-refractivity contribution in [3.63, 3.8) is 0 Å². The molecular weight excluding hydrogens is 258 g/mol. The maximum absolute atomic E-state index is 8.77. The van der Waals surface area contributed by atoms with Crippen LogP contribution in [0.2, 0.25) is 0 Å². The summed E-state index contributed by atoms with van der Waals surface area (Å²) in [6.45, 7) is 3.18. The first-order chi connectivity index (χ1) is 7.31. The number of hydrogen-bond acceptors (Lipinski definition) is 4. The van der Waals surface area contributed by atoms with E-state index in [1.165, 1.54) is 0 Å². The van der Waals surface area contributed by atoms with Crippen LogP contribution in [0.15, 0.2) is 16.7 Å². The first-order valence-corrected chi connectivity index (χ1v) is 5.50. The van der Waals surface area contributed by atoms with Crippen molar-refractivity contribution in [3.8, 4) is 6.07 Å². The van der Waals surface area contributed by atoms with Crippen LogP contribution in [0.3, 0.4) is 0 Å². The van der Waals surface area contributed by atoms with Crippen molar-refractivity contribution in [2.24, 2.45) is 0 Å². The summed E-state index contributed by atoms with van der Waals surface area (Å²) in [6.07, 6.45) is 0. The van der Waals surface area contributed by atoms with Crippen molar-refractivity contribution in [1.82, 2.24) is 4.98 Å². The molecule has 1 saturated heterocycles. The molecule has 0 aromatic carbocycles. The Morgan fingerprint density at radius 2 is 2.13 bits per heavy atom. The second-order valence-corrected chi connectivity index (χ2v) is 3.97. The van der Waals surface area contributed by atoms with Crippen molar-refractivity contribution >= 4 is 21.7 Å². The molecule has 78 valence electrons. The van der Waals surface area contributed by atoms with E-state index < -0.39 is 0 Å². The van der Waals surface area contributed by atoms with Gasteiger partial charge in [-0.15, -0.1) is 0 Å². The summed E-state index contributed by atoms with van der Waals surface area (Å²) in [5, 5.41) is 8.77. The molecule has 2 rings (SSSR count). The summed E-state index contributed by atoms with van der Waals surface area (Å²) in [5.74, 6) is 0.893. The second-order valence-electron chi connectivity index (χ2n) is 3.22. The Morgan fingerprint density at radius 3 is 2.73 bits per heavy atom. The predicted molar refractivity (Wildman–Crippen MR) is 59.7 cm³/mol. The van der Waals surface area contributed by atoms with Gasteiger partial charge in [0.2, 0.25) is 0 Å². The Kier molecular flexibility index (Phi) is 3.19. The zero-order valence-electron chi connectivity index (χ0n) is 8.11. The van der Waals surface area contributed by atoms with E-state index in [1.54, 1.807) is 6.07 Å². The average Bonchev–Trinajstić information content (AvgIpc) is 2.30. The number of nitrogens with zero attached hydrogens (tertiary/aromatic N) is 3. The summed E-state index contributed by atoms with van der Waals surface area (Å²) in [7, 11) is 0. The zero-order valence-corrected chi connectivity index (χ0v) is 9.70. The lowest BCUT2D eigenvalue weighted by Gasteiger charge is -2.27. The van der Waals surface area contributed by atoms with Gasteiger partial charge in [0.05, 0.1) is 18.8 Å². The third kappa shape index (κ3) is 2.28. The Balaban J connectivity index is 2.22. The third-order valence-electron chi connectivity index (χ3n) is 2.29. The summed E-state index contributed by atoms with van der Waals surface area (Å²) in [5.41, 5.74) is 0.562. The lowest BCUT2D eigenvalue weighted by atomic mass is 10.3. The zero-order chi connectivity index (χ0) is 10.7. The van der Waals surface area contributed by atoms with Crippen LogP contribution in [0, 0.1) is 11.3 Å². The molecule has 0 radical (unpaired) electrons. The second kappa shape index (κ2) is 4.60. The molecule has 0 bridgehead atoms. The van der Waals surface area contributed by atoms with Crippen LogP contribution in [-0.2, 0) is 4.74 Å². The third-order valence-corrected chi connectivity index (χ3v) is 2.89. The molecule has 4 nitrogen and oxygen atoms in total. The molecule has 5 heteroatoms. The van der Waals surface area contributed by atoms with Gasteiger partial charge in [0.1, 0.15) is 16.5 Å². The number of aromatic nitrogens is 1. The number of hydrogen-bond donors (Lipinski definition) is 0. The van der Waals surface area contributed by atoms with Gasteiger partial charge in [-0.2, -0.15) is 5.26 Å². The van der Waals surface area contributed by atoms with E-state index in [0.29, 0.717) is 10.2 Å². The Morgan fingerprint density at radius 1 is 1.40 bits per heavy atom. The van der Waals surface area contributed by atoms with Crippen LogP contribution in [0.4, 0.5) is 5.82 Å². The highest BCUT2D eigenvalue weighted by Gasteiger charge is 2.13. The summed E-state index contributed by atoms with van der Waals surface area (Å²) >= 11 is 3.28. The number of halogens is 1. The molecule has 1 aromatic heterocycles. The van der Waals surface area contributed by atoms with Gasteiger partial charge in [-0.25, -0.2) is 4.98 Å². The minimum absolute atomic E-state index is 0.562. The van der Waals surface area contributed by atoms with E-state index >= 15 is 0 Å². The van der Waals surface area contributed by atoms with E-state index in [9.17, 15) is 0 Å². The lowest BCUT2D eigenvalue weighted by molar-refractivity contribution is 0.122. The van der Waals surface area contributed by atoms with Gasteiger partial charge in [-0.3, -0.25) is 0 Å². The first kappa shape index (κ1) is 10.4. The number of anilines is 1. The van der Waals surface area contributed by atoms with E-state index in [0.717, 1.165) is 32.1 Å². The van der Waals surface area contributed by atoms with Crippen LogP contribution in [-0.4, -0.2) is 31.3 Å². The smallest absolute Gasteiger partial charge is 0.130 e. The van der Waals surface area contributed by atoms with Crippen LogP contribution >= 0.6 is 15.9 Å². The topological polar surface area (TPSA) is 49.2 Å². The van der Waals surface area contributed by atoms with Crippen molar-refractivity contribution in [2.45, 2.75) is 0 Å². The Labute approximate surface area is 96.6 Å². The van der Waals surface area contributed by atoms with Gasteiger partial charge in [0.15, 0.2) is 0 Å². The Bertz CT molecular complexity index is 396. The molecule has 1 aliphatic rings. The van der Waals surface area contributed by atoms with E-state index in [2.05, 4.69) is 31.9 Å². The molecule has 1 aromatic rings. The molecule has 1 aliphatic heterocycles. The van der Waals surface area contributed by atoms with Crippen LogP contribution in [0.5, 0.6) is 0 Å².